The molecule has 0 fully saturated rings. The molecule has 0 atom stereocenters. The van der Waals surface area contributed by atoms with Crippen LogP contribution in [0.25, 0.3) is 10.9 Å². The second-order valence-corrected chi connectivity index (χ2v) is 5.91. The van der Waals surface area contributed by atoms with Gasteiger partial charge in [0.1, 0.15) is 5.82 Å². The fourth-order valence-electron chi connectivity index (χ4n) is 2.84. The number of carbonyl (C=O) groups excluding carboxylic acids is 2. The van der Waals surface area contributed by atoms with Crippen LogP contribution in [0.1, 0.15) is 20.8 Å². The van der Waals surface area contributed by atoms with Crippen LogP contribution in [-0.2, 0) is 0 Å². The summed E-state index contributed by atoms with van der Waals surface area (Å²) in [6.45, 7) is 0. The first-order chi connectivity index (χ1) is 13.1. The zero-order chi connectivity index (χ0) is 18.8. The van der Waals surface area contributed by atoms with Gasteiger partial charge in [-0.05, 0) is 36.4 Å². The first-order valence-corrected chi connectivity index (χ1v) is 8.28. The monoisotopic (exact) mass is 359 g/mol. The topological polar surface area (TPSA) is 64.0 Å². The first-order valence-electron chi connectivity index (χ1n) is 8.28. The van der Waals surface area contributed by atoms with Gasteiger partial charge in [-0.15, -0.1) is 0 Å². The Bertz CT molecular complexity index is 1150. The molecule has 4 aromatic rings. The molecule has 0 aliphatic rings. The molecule has 0 aliphatic carbocycles. The number of anilines is 1. The van der Waals surface area contributed by atoms with Gasteiger partial charge < -0.3 is 5.32 Å². The second kappa shape index (κ2) is 6.84. The van der Waals surface area contributed by atoms with Gasteiger partial charge >= 0.3 is 0 Å². The highest BCUT2D eigenvalue weighted by molar-refractivity contribution is 6.13. The predicted molar refractivity (Wildman–Crippen MR) is 100 cm³/mol. The molecule has 1 amide bonds. The fraction of sp³-hybridized carbons (Fsp3) is 0. The Morgan fingerprint density at radius 3 is 2.41 bits per heavy atom. The van der Waals surface area contributed by atoms with Crippen LogP contribution < -0.4 is 5.32 Å². The van der Waals surface area contributed by atoms with Crippen LogP contribution in [0.15, 0.2) is 78.9 Å². The lowest BCUT2D eigenvalue weighted by Gasteiger charge is -2.03. The van der Waals surface area contributed by atoms with Crippen LogP contribution in [-0.4, -0.2) is 21.6 Å². The third-order valence-electron chi connectivity index (χ3n) is 4.10. The van der Waals surface area contributed by atoms with Crippen molar-refractivity contribution in [2.24, 2.45) is 0 Å². The van der Waals surface area contributed by atoms with Crippen molar-refractivity contribution >= 4 is 28.4 Å². The number of amides is 1. The molecule has 1 aromatic heterocycles. The number of para-hydroxylation sites is 2. The van der Waals surface area contributed by atoms with Gasteiger partial charge in [-0.1, -0.05) is 42.5 Å². The zero-order valence-electron chi connectivity index (χ0n) is 14.1. The van der Waals surface area contributed by atoms with Crippen molar-refractivity contribution in [3.8, 4) is 0 Å². The predicted octanol–water partition coefficient (Wildman–Crippen LogP) is 4.12. The van der Waals surface area contributed by atoms with E-state index in [1.165, 1.54) is 18.2 Å². The summed E-state index contributed by atoms with van der Waals surface area (Å²) in [6.07, 6.45) is 0. The molecular weight excluding hydrogens is 345 g/mol. The lowest BCUT2D eigenvalue weighted by atomic mass is 10.2. The zero-order valence-corrected chi connectivity index (χ0v) is 14.1. The Labute approximate surface area is 154 Å². The van der Waals surface area contributed by atoms with Gasteiger partial charge in [-0.25, -0.2) is 4.39 Å². The molecule has 0 bridgehead atoms. The molecule has 1 heterocycles. The third-order valence-corrected chi connectivity index (χ3v) is 4.10. The number of carbonyl (C=O) groups is 2. The van der Waals surface area contributed by atoms with Crippen molar-refractivity contribution in [3.05, 3.63) is 95.9 Å². The van der Waals surface area contributed by atoms with E-state index in [9.17, 15) is 14.0 Å². The SMILES string of the molecule is O=C(Nc1ccccc1)c1nn(C(=O)c2cccc(F)c2)c2ccccc12. The number of hydrogen-bond acceptors (Lipinski definition) is 3. The molecule has 27 heavy (non-hydrogen) atoms. The van der Waals surface area contributed by atoms with Crippen molar-refractivity contribution in [3.63, 3.8) is 0 Å². The van der Waals surface area contributed by atoms with E-state index in [1.807, 2.05) is 6.07 Å². The lowest BCUT2D eigenvalue weighted by molar-refractivity contribution is 0.0948. The highest BCUT2D eigenvalue weighted by Crippen LogP contribution is 2.21. The van der Waals surface area contributed by atoms with Gasteiger partial charge in [0.15, 0.2) is 5.69 Å². The van der Waals surface area contributed by atoms with E-state index in [2.05, 4.69) is 10.4 Å². The van der Waals surface area contributed by atoms with Crippen LogP contribution in [0, 0.1) is 5.82 Å². The molecule has 4 rings (SSSR count). The third kappa shape index (κ3) is 3.20. The molecule has 3 aromatic carbocycles. The Hall–Kier alpha value is -3.80. The summed E-state index contributed by atoms with van der Waals surface area (Å²) in [5, 5.41) is 7.53. The summed E-state index contributed by atoms with van der Waals surface area (Å²) >= 11 is 0. The number of aromatic nitrogens is 2. The Morgan fingerprint density at radius 1 is 0.889 bits per heavy atom. The molecule has 0 unspecified atom stereocenters. The summed E-state index contributed by atoms with van der Waals surface area (Å²) in [5.41, 5.74) is 1.38. The minimum Gasteiger partial charge on any atom is -0.321 e. The summed E-state index contributed by atoms with van der Waals surface area (Å²) < 4.78 is 14.6. The fourth-order valence-corrected chi connectivity index (χ4v) is 2.84. The molecule has 0 radical (unpaired) electrons. The van der Waals surface area contributed by atoms with E-state index >= 15 is 0 Å². The van der Waals surface area contributed by atoms with E-state index in [0.29, 0.717) is 16.6 Å². The summed E-state index contributed by atoms with van der Waals surface area (Å²) in [7, 11) is 0. The van der Waals surface area contributed by atoms with E-state index < -0.39 is 17.6 Å². The maximum absolute atomic E-state index is 13.5. The number of halogens is 1. The Morgan fingerprint density at radius 2 is 1.63 bits per heavy atom. The molecule has 132 valence electrons. The average molecular weight is 359 g/mol. The summed E-state index contributed by atoms with van der Waals surface area (Å²) in [5.74, 6) is -1.45. The minimum atomic E-state index is -0.514. The highest BCUT2D eigenvalue weighted by atomic mass is 19.1. The van der Waals surface area contributed by atoms with Crippen molar-refractivity contribution < 1.29 is 14.0 Å². The normalized spacial score (nSPS) is 10.7. The largest absolute Gasteiger partial charge is 0.321 e. The maximum atomic E-state index is 13.5. The molecule has 0 saturated heterocycles. The molecule has 5 nitrogen and oxygen atoms in total. The van der Waals surface area contributed by atoms with Crippen molar-refractivity contribution in [2.45, 2.75) is 0 Å². The van der Waals surface area contributed by atoms with Crippen LogP contribution in [0.5, 0.6) is 0 Å². The van der Waals surface area contributed by atoms with E-state index in [0.717, 1.165) is 10.7 Å². The standard InChI is InChI=1S/C21H14FN3O2/c22-15-8-6-7-14(13-15)21(27)25-18-12-5-4-11-17(18)19(24-25)20(26)23-16-9-2-1-3-10-16/h1-13H,(H,23,26). The Kier molecular flexibility index (Phi) is 4.22. The van der Waals surface area contributed by atoms with Crippen LogP contribution in [0.2, 0.25) is 0 Å². The molecule has 6 heteroatoms. The van der Waals surface area contributed by atoms with Gasteiger partial charge in [0, 0.05) is 16.6 Å². The van der Waals surface area contributed by atoms with Gasteiger partial charge in [0.05, 0.1) is 5.52 Å². The van der Waals surface area contributed by atoms with Gasteiger partial charge in [-0.3, -0.25) is 9.59 Å². The molecular formula is C21H14FN3O2. The number of nitrogens with one attached hydrogen (secondary N) is 1. The van der Waals surface area contributed by atoms with Crippen LogP contribution in [0.3, 0.4) is 0 Å². The van der Waals surface area contributed by atoms with Gasteiger partial charge in [-0.2, -0.15) is 9.78 Å². The van der Waals surface area contributed by atoms with Gasteiger partial charge in [0.2, 0.25) is 0 Å². The Balaban J connectivity index is 1.77. The smallest absolute Gasteiger partial charge is 0.278 e. The molecule has 0 aliphatic heterocycles. The van der Waals surface area contributed by atoms with Crippen molar-refractivity contribution in [1.82, 2.24) is 9.78 Å². The number of nitrogens with zero attached hydrogens (tertiary/aromatic N) is 2. The highest BCUT2D eigenvalue weighted by Gasteiger charge is 2.21. The molecule has 0 saturated carbocycles. The lowest BCUT2D eigenvalue weighted by Crippen LogP contribution is -2.17. The maximum Gasteiger partial charge on any atom is 0.278 e. The van der Waals surface area contributed by atoms with Crippen molar-refractivity contribution in [2.75, 3.05) is 5.32 Å². The van der Waals surface area contributed by atoms with Crippen LogP contribution >= 0.6 is 0 Å². The number of benzene rings is 3. The number of hydrogen-bond donors (Lipinski definition) is 1. The molecule has 1 N–H and O–H groups in total. The van der Waals surface area contributed by atoms with Gasteiger partial charge in [0.25, 0.3) is 11.8 Å². The quantitative estimate of drug-likeness (QED) is 0.599. The first kappa shape index (κ1) is 16.7. The summed E-state index contributed by atoms with van der Waals surface area (Å²) in [6, 6.07) is 21.3. The number of fused-ring (bicyclic) bond motifs is 1. The summed E-state index contributed by atoms with van der Waals surface area (Å²) in [4.78, 5) is 25.5. The second-order valence-electron chi connectivity index (χ2n) is 5.91. The van der Waals surface area contributed by atoms with E-state index in [1.54, 1.807) is 48.5 Å². The molecule has 0 spiro atoms. The van der Waals surface area contributed by atoms with E-state index in [-0.39, 0.29) is 11.3 Å². The average Bonchev–Trinajstić information content (AvgIpc) is 3.08. The van der Waals surface area contributed by atoms with E-state index in [4.69, 9.17) is 0 Å². The van der Waals surface area contributed by atoms with Crippen LogP contribution in [0.4, 0.5) is 10.1 Å². The van der Waals surface area contributed by atoms with Crippen molar-refractivity contribution in [1.29, 1.82) is 0 Å². The minimum absolute atomic E-state index is 0.124. The number of rotatable bonds is 3.